The fourth-order valence-corrected chi connectivity index (χ4v) is 4.12. The summed E-state index contributed by atoms with van der Waals surface area (Å²) in [7, 11) is 3.04. The summed E-state index contributed by atoms with van der Waals surface area (Å²) < 4.78 is 28.1. The van der Waals surface area contributed by atoms with Crippen LogP contribution in [-0.4, -0.2) is 41.6 Å². The topological polar surface area (TPSA) is 127 Å². The number of amides is 1. The number of hydrogen-bond donors (Lipinski definition) is 1. The molecule has 0 radical (unpaired) electrons. The summed E-state index contributed by atoms with van der Waals surface area (Å²) in [5, 5.41) is 6.82. The summed E-state index contributed by atoms with van der Waals surface area (Å²) in [5.41, 5.74) is 2.23. The van der Waals surface area contributed by atoms with Crippen LogP contribution in [0.1, 0.15) is 11.3 Å². The molecule has 1 aliphatic rings. The van der Waals surface area contributed by atoms with E-state index in [0.717, 1.165) is 0 Å². The molecule has 0 atom stereocenters. The van der Waals surface area contributed by atoms with Crippen LogP contribution in [0, 0.1) is 13.8 Å². The molecule has 37 heavy (non-hydrogen) atoms. The average Bonchev–Trinajstić information content (AvgIpc) is 3.56. The second-order valence-electron chi connectivity index (χ2n) is 8.34. The van der Waals surface area contributed by atoms with Crippen molar-refractivity contribution in [1.29, 1.82) is 0 Å². The van der Waals surface area contributed by atoms with Gasteiger partial charge in [0.1, 0.15) is 12.1 Å². The first-order valence-electron chi connectivity index (χ1n) is 11.3. The molecule has 1 N–H and O–H groups in total. The number of benzene rings is 2. The van der Waals surface area contributed by atoms with Gasteiger partial charge in [0, 0.05) is 23.0 Å². The summed E-state index contributed by atoms with van der Waals surface area (Å²) in [6.45, 7) is 3.48. The van der Waals surface area contributed by atoms with Crippen molar-refractivity contribution < 1.29 is 28.3 Å². The average molecular weight is 504 g/mol. The molecule has 11 nitrogen and oxygen atoms in total. The maximum Gasteiger partial charge on any atom is 0.264 e. The van der Waals surface area contributed by atoms with Crippen LogP contribution in [0.4, 0.5) is 5.69 Å². The minimum atomic E-state index is -0.416. The Morgan fingerprint density at radius 3 is 2.59 bits per heavy atom. The van der Waals surface area contributed by atoms with Crippen LogP contribution in [0.3, 0.4) is 0 Å². The molecule has 2 aromatic carbocycles. The smallest absolute Gasteiger partial charge is 0.264 e. The third-order valence-electron chi connectivity index (χ3n) is 5.94. The minimum Gasteiger partial charge on any atom is -0.493 e. The molecule has 11 heteroatoms. The van der Waals surface area contributed by atoms with Gasteiger partial charge in [-0.1, -0.05) is 5.16 Å². The van der Waals surface area contributed by atoms with Crippen LogP contribution in [0.2, 0.25) is 0 Å². The van der Waals surface area contributed by atoms with Crippen molar-refractivity contribution in [3.05, 3.63) is 64.1 Å². The van der Waals surface area contributed by atoms with Gasteiger partial charge < -0.3 is 33.4 Å². The lowest BCUT2D eigenvalue weighted by Gasteiger charge is -2.14. The van der Waals surface area contributed by atoms with Gasteiger partial charge in [-0.2, -0.15) is 4.98 Å². The summed E-state index contributed by atoms with van der Waals surface area (Å²) in [6, 6.07) is 12.1. The first-order valence-corrected chi connectivity index (χ1v) is 11.3. The van der Waals surface area contributed by atoms with Gasteiger partial charge in [-0.05, 0) is 55.8 Å². The minimum absolute atomic E-state index is 0.0595. The van der Waals surface area contributed by atoms with Crippen molar-refractivity contribution in [2.24, 2.45) is 0 Å². The summed E-state index contributed by atoms with van der Waals surface area (Å²) in [6.07, 6.45) is 0. The van der Waals surface area contributed by atoms with Gasteiger partial charge in [0.15, 0.2) is 23.0 Å². The number of aryl methyl sites for hydroxylation is 2. The van der Waals surface area contributed by atoms with Crippen LogP contribution < -0.4 is 29.8 Å². The number of nitrogens with zero attached hydrogens (tertiary/aromatic N) is 3. The van der Waals surface area contributed by atoms with Crippen LogP contribution >= 0.6 is 0 Å². The second-order valence-corrected chi connectivity index (χ2v) is 8.34. The van der Waals surface area contributed by atoms with E-state index in [1.165, 1.54) is 18.8 Å². The van der Waals surface area contributed by atoms with E-state index in [1.807, 2.05) is 0 Å². The highest BCUT2D eigenvalue weighted by Crippen LogP contribution is 2.35. The number of pyridine rings is 1. The van der Waals surface area contributed by atoms with Gasteiger partial charge in [0.2, 0.25) is 18.5 Å². The number of aromatic nitrogens is 3. The van der Waals surface area contributed by atoms with Crippen molar-refractivity contribution in [2.45, 2.75) is 20.4 Å². The molecule has 4 aromatic rings. The quantitative estimate of drug-likeness (QED) is 0.402. The van der Waals surface area contributed by atoms with Crippen molar-refractivity contribution >= 4 is 11.6 Å². The molecule has 0 spiro atoms. The van der Waals surface area contributed by atoms with E-state index in [1.54, 1.807) is 56.3 Å². The molecular formula is C26H24N4O7. The highest BCUT2D eigenvalue weighted by Gasteiger charge is 2.22. The molecule has 5 rings (SSSR count). The Kier molecular flexibility index (Phi) is 6.26. The third kappa shape index (κ3) is 4.58. The van der Waals surface area contributed by atoms with E-state index in [9.17, 15) is 9.59 Å². The largest absolute Gasteiger partial charge is 0.493 e. The zero-order chi connectivity index (χ0) is 26.1. The lowest BCUT2D eigenvalue weighted by Crippen LogP contribution is -2.30. The molecular weight excluding hydrogens is 480 g/mol. The van der Waals surface area contributed by atoms with Crippen molar-refractivity contribution in [3.8, 4) is 45.8 Å². The molecule has 190 valence electrons. The lowest BCUT2D eigenvalue weighted by atomic mass is 10.1. The van der Waals surface area contributed by atoms with Crippen LogP contribution in [-0.2, 0) is 11.3 Å². The van der Waals surface area contributed by atoms with Crippen molar-refractivity contribution in [2.75, 3.05) is 26.3 Å². The molecule has 0 bridgehead atoms. The molecule has 0 fully saturated rings. The highest BCUT2D eigenvalue weighted by atomic mass is 16.7. The van der Waals surface area contributed by atoms with Gasteiger partial charge in [-0.15, -0.1) is 0 Å². The number of rotatable bonds is 7. The normalized spacial score (nSPS) is 11.9. The molecule has 2 aromatic heterocycles. The number of carbonyl (C=O) groups excluding carboxylic acids is 1. The molecule has 1 aliphatic heterocycles. The number of anilines is 1. The van der Waals surface area contributed by atoms with Gasteiger partial charge in [0.05, 0.1) is 14.2 Å². The first kappa shape index (κ1) is 23.9. The Morgan fingerprint density at radius 1 is 1.03 bits per heavy atom. The summed E-state index contributed by atoms with van der Waals surface area (Å²) in [4.78, 5) is 30.7. The number of methoxy groups -OCH3 is 2. The van der Waals surface area contributed by atoms with E-state index < -0.39 is 5.56 Å². The summed E-state index contributed by atoms with van der Waals surface area (Å²) in [5.74, 6) is 2.19. The predicted octanol–water partition coefficient (Wildman–Crippen LogP) is 3.57. The van der Waals surface area contributed by atoms with Gasteiger partial charge in [-0.3, -0.25) is 9.59 Å². The molecule has 1 amide bonds. The Morgan fingerprint density at radius 2 is 1.81 bits per heavy atom. The molecule has 0 aliphatic carbocycles. The van der Waals surface area contributed by atoms with Gasteiger partial charge in [0.25, 0.3) is 11.4 Å². The maximum atomic E-state index is 13.5. The lowest BCUT2D eigenvalue weighted by molar-refractivity contribution is -0.116. The van der Waals surface area contributed by atoms with Crippen LogP contribution in [0.15, 0.2) is 51.8 Å². The monoisotopic (exact) mass is 504 g/mol. The van der Waals surface area contributed by atoms with Gasteiger partial charge in [-0.25, -0.2) is 0 Å². The van der Waals surface area contributed by atoms with Gasteiger partial charge >= 0.3 is 0 Å². The Balaban J connectivity index is 1.41. The highest BCUT2D eigenvalue weighted by molar-refractivity contribution is 5.91. The fraction of sp³-hybridized carbons (Fsp3) is 0.231. The van der Waals surface area contributed by atoms with E-state index in [2.05, 4.69) is 15.5 Å². The SMILES string of the molecule is COc1ccc(NC(=O)Cn2c(C)cc(C)c(-c3nc(-c4ccc5c(c4)OCO5)no3)c2=O)cc1OC. The molecule has 0 unspecified atom stereocenters. The summed E-state index contributed by atoms with van der Waals surface area (Å²) >= 11 is 0. The third-order valence-corrected chi connectivity index (χ3v) is 5.94. The predicted molar refractivity (Wildman–Crippen MR) is 133 cm³/mol. The second kappa shape index (κ2) is 9.69. The molecule has 0 saturated carbocycles. The van der Waals surface area contributed by atoms with E-state index in [4.69, 9.17) is 23.5 Å². The number of nitrogens with one attached hydrogen (secondary N) is 1. The Hall–Kier alpha value is -4.80. The maximum absolute atomic E-state index is 13.5. The molecule has 0 saturated heterocycles. The zero-order valence-corrected chi connectivity index (χ0v) is 20.7. The van der Waals surface area contributed by atoms with E-state index in [0.29, 0.717) is 51.3 Å². The fourth-order valence-electron chi connectivity index (χ4n) is 4.12. The first-order chi connectivity index (χ1) is 17.9. The number of fused-ring (bicyclic) bond motifs is 1. The number of carbonyl (C=O) groups is 1. The van der Waals surface area contributed by atoms with E-state index >= 15 is 0 Å². The van der Waals surface area contributed by atoms with Crippen molar-refractivity contribution in [3.63, 3.8) is 0 Å². The van der Waals surface area contributed by atoms with Crippen molar-refractivity contribution in [1.82, 2.24) is 14.7 Å². The Bertz CT molecular complexity index is 1560. The Labute approximate surface area is 211 Å². The zero-order valence-electron chi connectivity index (χ0n) is 20.7. The van der Waals surface area contributed by atoms with Crippen LogP contribution in [0.5, 0.6) is 23.0 Å². The standard InChI is InChI=1S/C26H24N4O7/c1-14-9-15(2)30(12-22(31)27-17-6-8-18(33-3)20(11-17)34-4)26(32)23(14)25-28-24(29-37-25)16-5-7-19-21(10-16)36-13-35-19/h5-11H,12-13H2,1-4H3,(H,27,31). The number of hydrogen-bond acceptors (Lipinski definition) is 9. The number of ether oxygens (including phenoxy) is 4. The molecule has 3 heterocycles. The van der Waals surface area contributed by atoms with E-state index in [-0.39, 0.29) is 30.7 Å². The van der Waals surface area contributed by atoms with Crippen LogP contribution in [0.25, 0.3) is 22.8 Å².